The summed E-state index contributed by atoms with van der Waals surface area (Å²) in [6.45, 7) is 1.85. The van der Waals surface area contributed by atoms with Crippen LogP contribution in [0.2, 0.25) is 0 Å². The molecule has 0 unspecified atom stereocenters. The number of halogens is 2. The summed E-state index contributed by atoms with van der Waals surface area (Å²) in [6, 6.07) is 5.99. The van der Waals surface area contributed by atoms with E-state index < -0.39 is 17.5 Å². The molecule has 0 saturated heterocycles. The topological polar surface area (TPSA) is 50.3 Å². The van der Waals surface area contributed by atoms with E-state index in [1.54, 1.807) is 19.2 Å². The first-order valence-corrected chi connectivity index (χ1v) is 7.03. The van der Waals surface area contributed by atoms with Gasteiger partial charge in [-0.15, -0.1) is 0 Å². The standard InChI is InChI=1S/C15H10BrFN2O2/c1-8-4-10(17)5-12-13(8)19(15(21)14(12)20)7-11-3-2-9(16)6-18-11/h2-6H,7H2,1H3. The van der Waals surface area contributed by atoms with E-state index >= 15 is 0 Å². The number of hydrogen-bond donors (Lipinski definition) is 0. The second kappa shape index (κ2) is 5.04. The summed E-state index contributed by atoms with van der Waals surface area (Å²) in [5.74, 6) is -1.84. The molecule has 4 nitrogen and oxygen atoms in total. The van der Waals surface area contributed by atoms with E-state index in [-0.39, 0.29) is 12.1 Å². The van der Waals surface area contributed by atoms with Gasteiger partial charge in [-0.3, -0.25) is 19.5 Å². The second-order valence-electron chi connectivity index (χ2n) is 4.81. The summed E-state index contributed by atoms with van der Waals surface area (Å²) in [6.07, 6.45) is 1.62. The van der Waals surface area contributed by atoms with Crippen molar-refractivity contribution in [3.05, 3.63) is 57.6 Å². The van der Waals surface area contributed by atoms with Crippen LogP contribution in [0.15, 0.2) is 34.9 Å². The lowest BCUT2D eigenvalue weighted by molar-refractivity contribution is -0.114. The van der Waals surface area contributed by atoms with Crippen LogP contribution < -0.4 is 4.90 Å². The Labute approximate surface area is 128 Å². The molecule has 6 heteroatoms. The van der Waals surface area contributed by atoms with Gasteiger partial charge < -0.3 is 0 Å². The molecule has 1 aliphatic heterocycles. The highest BCUT2D eigenvalue weighted by Gasteiger charge is 2.37. The van der Waals surface area contributed by atoms with Crippen molar-refractivity contribution in [2.45, 2.75) is 13.5 Å². The molecule has 2 heterocycles. The third-order valence-electron chi connectivity index (χ3n) is 3.33. The van der Waals surface area contributed by atoms with Crippen molar-refractivity contribution in [3.63, 3.8) is 0 Å². The van der Waals surface area contributed by atoms with E-state index in [9.17, 15) is 14.0 Å². The van der Waals surface area contributed by atoms with Crippen LogP contribution in [-0.2, 0) is 11.3 Å². The van der Waals surface area contributed by atoms with Crippen LogP contribution in [-0.4, -0.2) is 16.7 Å². The van der Waals surface area contributed by atoms with Gasteiger partial charge in [0.15, 0.2) is 0 Å². The molecular formula is C15H10BrFN2O2. The number of aromatic nitrogens is 1. The lowest BCUT2D eigenvalue weighted by Crippen LogP contribution is -2.29. The van der Waals surface area contributed by atoms with Crippen molar-refractivity contribution in [2.75, 3.05) is 4.90 Å². The Morgan fingerprint density at radius 1 is 1.29 bits per heavy atom. The molecular weight excluding hydrogens is 339 g/mol. The third kappa shape index (κ3) is 2.35. The molecule has 0 atom stereocenters. The number of amides is 1. The van der Waals surface area contributed by atoms with Gasteiger partial charge in [-0.1, -0.05) is 0 Å². The van der Waals surface area contributed by atoms with E-state index in [1.165, 1.54) is 11.0 Å². The lowest BCUT2D eigenvalue weighted by atomic mass is 10.1. The van der Waals surface area contributed by atoms with Crippen molar-refractivity contribution in [2.24, 2.45) is 0 Å². The molecule has 3 rings (SSSR count). The Bertz CT molecular complexity index is 759. The highest BCUT2D eigenvalue weighted by Crippen LogP contribution is 2.34. The molecule has 1 aromatic heterocycles. The Morgan fingerprint density at radius 2 is 2.05 bits per heavy atom. The minimum absolute atomic E-state index is 0.120. The average Bonchev–Trinajstić information content (AvgIpc) is 2.67. The number of ketones is 1. The number of nitrogens with zero attached hydrogens (tertiary/aromatic N) is 2. The van der Waals surface area contributed by atoms with Crippen LogP contribution in [0.25, 0.3) is 0 Å². The Hall–Kier alpha value is -2.08. The number of Topliss-reactive ketones (excluding diaryl/α,β-unsaturated/α-hetero) is 1. The third-order valence-corrected chi connectivity index (χ3v) is 3.80. The normalized spacial score (nSPS) is 13.8. The number of carbonyl (C=O) groups is 2. The first-order chi connectivity index (χ1) is 9.97. The van der Waals surface area contributed by atoms with Crippen molar-refractivity contribution in [3.8, 4) is 0 Å². The molecule has 2 aromatic rings. The number of benzene rings is 1. The molecule has 0 radical (unpaired) electrons. The van der Waals surface area contributed by atoms with Crippen LogP contribution in [0.3, 0.4) is 0 Å². The summed E-state index contributed by atoms with van der Waals surface area (Å²) in [5, 5.41) is 0. The van der Waals surface area contributed by atoms with Gasteiger partial charge in [-0.05, 0) is 52.7 Å². The number of fused-ring (bicyclic) bond motifs is 1. The number of anilines is 1. The smallest absolute Gasteiger partial charge is 0.298 e. The number of pyridine rings is 1. The predicted molar refractivity (Wildman–Crippen MR) is 78.6 cm³/mol. The Kier molecular flexibility index (Phi) is 3.33. The van der Waals surface area contributed by atoms with Crippen molar-refractivity contribution < 1.29 is 14.0 Å². The van der Waals surface area contributed by atoms with E-state index in [2.05, 4.69) is 20.9 Å². The zero-order valence-corrected chi connectivity index (χ0v) is 12.6. The van der Waals surface area contributed by atoms with E-state index in [0.29, 0.717) is 16.9 Å². The maximum Gasteiger partial charge on any atom is 0.299 e. The summed E-state index contributed by atoms with van der Waals surface area (Å²) >= 11 is 3.29. The van der Waals surface area contributed by atoms with Gasteiger partial charge >= 0.3 is 0 Å². The number of rotatable bonds is 2. The highest BCUT2D eigenvalue weighted by molar-refractivity contribution is 9.10. The minimum atomic E-state index is -0.676. The number of hydrogen-bond acceptors (Lipinski definition) is 3. The van der Waals surface area contributed by atoms with Crippen LogP contribution >= 0.6 is 15.9 Å². The molecule has 0 spiro atoms. The van der Waals surface area contributed by atoms with Crippen LogP contribution in [0.5, 0.6) is 0 Å². The molecule has 0 N–H and O–H groups in total. The molecule has 1 aliphatic rings. The zero-order valence-electron chi connectivity index (χ0n) is 11.1. The van der Waals surface area contributed by atoms with Gasteiger partial charge in [0.05, 0.1) is 23.5 Å². The molecule has 1 aromatic carbocycles. The summed E-state index contributed by atoms with van der Waals surface area (Å²) < 4.78 is 14.2. The van der Waals surface area contributed by atoms with Crippen molar-refractivity contribution in [1.82, 2.24) is 4.98 Å². The molecule has 106 valence electrons. The van der Waals surface area contributed by atoms with Gasteiger partial charge in [0, 0.05) is 10.7 Å². The molecule has 21 heavy (non-hydrogen) atoms. The van der Waals surface area contributed by atoms with E-state index in [4.69, 9.17) is 0 Å². The lowest BCUT2D eigenvalue weighted by Gasteiger charge is -2.18. The van der Waals surface area contributed by atoms with Gasteiger partial charge in [-0.25, -0.2) is 4.39 Å². The van der Waals surface area contributed by atoms with Crippen molar-refractivity contribution >= 4 is 33.3 Å². The van der Waals surface area contributed by atoms with Crippen molar-refractivity contribution in [1.29, 1.82) is 0 Å². The number of aryl methyl sites for hydroxylation is 1. The fourth-order valence-corrected chi connectivity index (χ4v) is 2.65. The zero-order chi connectivity index (χ0) is 15.1. The first kappa shape index (κ1) is 13.9. The molecule has 0 aliphatic carbocycles. The van der Waals surface area contributed by atoms with Crippen LogP contribution in [0.1, 0.15) is 21.6 Å². The Balaban J connectivity index is 2.03. The Morgan fingerprint density at radius 3 is 2.71 bits per heavy atom. The number of carbonyl (C=O) groups excluding carboxylic acids is 2. The van der Waals surface area contributed by atoms with E-state index in [0.717, 1.165) is 10.5 Å². The SMILES string of the molecule is Cc1cc(F)cc2c1N(Cc1ccc(Br)cn1)C(=O)C2=O. The predicted octanol–water partition coefficient (Wildman–Crippen LogP) is 3.02. The van der Waals surface area contributed by atoms with Gasteiger partial charge in [0.25, 0.3) is 11.7 Å². The summed E-state index contributed by atoms with van der Waals surface area (Å²) in [4.78, 5) is 29.6. The van der Waals surface area contributed by atoms with Crippen LogP contribution in [0.4, 0.5) is 10.1 Å². The van der Waals surface area contributed by atoms with Gasteiger partial charge in [-0.2, -0.15) is 0 Å². The fraction of sp³-hybridized carbons (Fsp3) is 0.133. The highest BCUT2D eigenvalue weighted by atomic mass is 79.9. The second-order valence-corrected chi connectivity index (χ2v) is 5.72. The van der Waals surface area contributed by atoms with E-state index in [1.807, 2.05) is 6.07 Å². The minimum Gasteiger partial charge on any atom is -0.298 e. The first-order valence-electron chi connectivity index (χ1n) is 6.24. The summed E-state index contributed by atoms with van der Waals surface area (Å²) in [7, 11) is 0. The monoisotopic (exact) mass is 348 g/mol. The maximum absolute atomic E-state index is 13.4. The fourth-order valence-electron chi connectivity index (χ4n) is 2.42. The molecule has 0 fully saturated rings. The molecule has 1 amide bonds. The average molecular weight is 349 g/mol. The molecule has 0 saturated carbocycles. The quantitative estimate of drug-likeness (QED) is 0.784. The van der Waals surface area contributed by atoms with Crippen LogP contribution in [0, 0.1) is 12.7 Å². The largest absolute Gasteiger partial charge is 0.299 e. The molecule has 0 bridgehead atoms. The van der Waals surface area contributed by atoms with Gasteiger partial charge in [0.2, 0.25) is 0 Å². The maximum atomic E-state index is 13.4. The summed E-state index contributed by atoms with van der Waals surface area (Å²) in [5.41, 5.74) is 1.79. The van der Waals surface area contributed by atoms with Gasteiger partial charge in [0.1, 0.15) is 5.82 Å².